The van der Waals surface area contributed by atoms with Gasteiger partial charge in [-0.25, -0.2) is 0 Å². The van der Waals surface area contributed by atoms with Crippen molar-refractivity contribution >= 4 is 11.9 Å². The van der Waals surface area contributed by atoms with Crippen molar-refractivity contribution in [1.82, 2.24) is 0 Å². The fraction of sp³-hybridized carbons (Fsp3) is 0.714. The number of carbonyl (C=O) groups excluding carboxylic acids is 1. The van der Waals surface area contributed by atoms with E-state index in [-0.39, 0.29) is 6.42 Å². The predicted octanol–water partition coefficient (Wildman–Crippen LogP) is -1.76. The quantitative estimate of drug-likeness (QED) is 0.393. The van der Waals surface area contributed by atoms with Crippen LogP contribution >= 0.6 is 0 Å². The van der Waals surface area contributed by atoms with E-state index in [0.29, 0.717) is 13.0 Å². The maximum atomic E-state index is 10.8. The van der Waals surface area contributed by atoms with Crippen molar-refractivity contribution in [1.29, 1.82) is 0 Å². The van der Waals surface area contributed by atoms with Crippen molar-refractivity contribution in [2.45, 2.75) is 18.9 Å². The van der Waals surface area contributed by atoms with Crippen LogP contribution in [0.15, 0.2) is 0 Å². The molecule has 1 amide bonds. The molecule has 0 spiro atoms. The van der Waals surface area contributed by atoms with Crippen molar-refractivity contribution in [3.63, 3.8) is 0 Å². The molecule has 0 saturated heterocycles. The Hall–Kier alpha value is -1.14. The minimum atomic E-state index is -1.14. The second kappa shape index (κ2) is 5.50. The molecule has 0 bridgehead atoms. The molecule has 0 radical (unpaired) electrons. The maximum absolute atomic E-state index is 10.8. The highest BCUT2D eigenvalue weighted by atomic mass is 16.4. The van der Waals surface area contributed by atoms with Crippen LogP contribution in [-0.4, -0.2) is 29.6 Å². The van der Waals surface area contributed by atoms with Gasteiger partial charge in [-0.05, 0) is 19.4 Å². The fourth-order valence-electron chi connectivity index (χ4n) is 0.985. The number of rotatable bonds is 6. The Bertz CT molecular complexity index is 195. The highest BCUT2D eigenvalue weighted by Gasteiger charge is 2.21. The molecule has 13 heavy (non-hydrogen) atoms. The number of nitrogens with two attached hydrogens (primary N) is 3. The number of carbonyl (C=O) groups is 2. The lowest BCUT2D eigenvalue weighted by Gasteiger charge is -2.14. The summed E-state index contributed by atoms with van der Waals surface area (Å²) in [4.78, 5) is 21.1. The van der Waals surface area contributed by atoms with Gasteiger partial charge in [0.2, 0.25) is 5.91 Å². The number of hydrogen-bond donors (Lipinski definition) is 4. The normalized spacial score (nSPS) is 14.9. The second-order valence-corrected chi connectivity index (χ2v) is 2.86. The third-order valence-corrected chi connectivity index (χ3v) is 1.77. The molecule has 6 nitrogen and oxygen atoms in total. The first-order chi connectivity index (χ1) is 5.99. The number of primary amides is 1. The summed E-state index contributed by atoms with van der Waals surface area (Å²) in [5, 5.41) is 8.47. The zero-order valence-corrected chi connectivity index (χ0v) is 7.27. The summed E-state index contributed by atoms with van der Waals surface area (Å²) in [6.45, 7) is 0.292. The molecule has 0 aliphatic carbocycles. The van der Waals surface area contributed by atoms with Gasteiger partial charge < -0.3 is 22.3 Å². The molecule has 0 aromatic rings. The minimum absolute atomic E-state index is 0.0435. The van der Waals surface area contributed by atoms with E-state index < -0.39 is 23.8 Å². The van der Waals surface area contributed by atoms with E-state index in [0.717, 1.165) is 0 Å². The van der Waals surface area contributed by atoms with Crippen molar-refractivity contribution in [2.24, 2.45) is 23.1 Å². The molecular weight excluding hydrogens is 174 g/mol. The maximum Gasteiger partial charge on any atom is 0.320 e. The Morgan fingerprint density at radius 2 is 1.92 bits per heavy atom. The Labute approximate surface area is 76.1 Å². The van der Waals surface area contributed by atoms with Gasteiger partial charge in [0, 0.05) is 5.92 Å². The van der Waals surface area contributed by atoms with E-state index in [1.807, 2.05) is 0 Å². The van der Waals surface area contributed by atoms with Crippen LogP contribution in [0.1, 0.15) is 12.8 Å². The molecule has 0 aliphatic heterocycles. The molecule has 7 N–H and O–H groups in total. The number of aliphatic carboxylic acids is 1. The third kappa shape index (κ3) is 4.44. The van der Waals surface area contributed by atoms with E-state index >= 15 is 0 Å². The zero-order chi connectivity index (χ0) is 10.4. The fourth-order valence-corrected chi connectivity index (χ4v) is 0.985. The summed E-state index contributed by atoms with van der Waals surface area (Å²) in [6.07, 6.45) is 0.415. The van der Waals surface area contributed by atoms with E-state index in [4.69, 9.17) is 22.3 Å². The van der Waals surface area contributed by atoms with Crippen LogP contribution in [0.3, 0.4) is 0 Å². The lowest BCUT2D eigenvalue weighted by Crippen LogP contribution is -2.37. The Morgan fingerprint density at radius 3 is 2.23 bits per heavy atom. The van der Waals surface area contributed by atoms with Gasteiger partial charge in [-0.1, -0.05) is 0 Å². The van der Waals surface area contributed by atoms with Crippen LogP contribution in [0.2, 0.25) is 0 Å². The molecule has 2 atom stereocenters. The van der Waals surface area contributed by atoms with E-state index in [1.165, 1.54) is 0 Å². The molecule has 6 heteroatoms. The smallest absolute Gasteiger partial charge is 0.320 e. The topological polar surface area (TPSA) is 132 Å². The Kier molecular flexibility index (Phi) is 5.01. The highest BCUT2D eigenvalue weighted by molar-refractivity contribution is 5.79. The Morgan fingerprint density at radius 1 is 1.38 bits per heavy atom. The molecule has 0 rings (SSSR count). The molecule has 0 aromatic heterocycles. The van der Waals surface area contributed by atoms with Crippen LogP contribution in [0.4, 0.5) is 0 Å². The van der Waals surface area contributed by atoms with Gasteiger partial charge in [-0.15, -0.1) is 0 Å². The first-order valence-electron chi connectivity index (χ1n) is 3.96. The summed E-state index contributed by atoms with van der Waals surface area (Å²) >= 11 is 0. The third-order valence-electron chi connectivity index (χ3n) is 1.77. The van der Waals surface area contributed by atoms with E-state index in [9.17, 15) is 9.59 Å². The molecular formula is C7H15N3O3. The average Bonchev–Trinajstić information content (AvgIpc) is 2.03. The minimum Gasteiger partial charge on any atom is -0.480 e. The van der Waals surface area contributed by atoms with Gasteiger partial charge in [-0.2, -0.15) is 0 Å². The van der Waals surface area contributed by atoms with E-state index in [1.54, 1.807) is 0 Å². The molecule has 0 saturated carbocycles. The number of carboxylic acid groups (broad SMARTS) is 1. The van der Waals surface area contributed by atoms with Gasteiger partial charge in [0.15, 0.2) is 0 Å². The molecule has 0 aromatic carbocycles. The van der Waals surface area contributed by atoms with Gasteiger partial charge in [-0.3, -0.25) is 9.59 Å². The zero-order valence-electron chi connectivity index (χ0n) is 7.27. The SMILES string of the molecule is NCCC(CC(N)C(=O)O)C(N)=O. The number of hydrogen-bond acceptors (Lipinski definition) is 4. The molecule has 0 fully saturated rings. The van der Waals surface area contributed by atoms with Crippen LogP contribution < -0.4 is 17.2 Å². The first-order valence-corrected chi connectivity index (χ1v) is 3.96. The monoisotopic (exact) mass is 189 g/mol. The molecule has 0 heterocycles. The summed E-state index contributed by atoms with van der Waals surface area (Å²) in [5.41, 5.74) is 15.5. The molecule has 0 aliphatic rings. The van der Waals surface area contributed by atoms with Crippen molar-refractivity contribution in [2.75, 3.05) is 6.54 Å². The van der Waals surface area contributed by atoms with Gasteiger partial charge >= 0.3 is 5.97 Å². The van der Waals surface area contributed by atoms with Crippen LogP contribution in [0.25, 0.3) is 0 Å². The van der Waals surface area contributed by atoms with Crippen molar-refractivity contribution in [3.05, 3.63) is 0 Å². The van der Waals surface area contributed by atoms with Crippen LogP contribution in [0.5, 0.6) is 0 Å². The van der Waals surface area contributed by atoms with Crippen molar-refractivity contribution in [3.8, 4) is 0 Å². The van der Waals surface area contributed by atoms with Crippen molar-refractivity contribution < 1.29 is 14.7 Å². The molecule has 2 unspecified atom stereocenters. The van der Waals surface area contributed by atoms with Gasteiger partial charge in [0.05, 0.1) is 0 Å². The van der Waals surface area contributed by atoms with Gasteiger partial charge in [0.25, 0.3) is 0 Å². The summed E-state index contributed by atoms with van der Waals surface area (Å²) < 4.78 is 0. The van der Waals surface area contributed by atoms with Crippen LogP contribution in [-0.2, 0) is 9.59 Å². The lowest BCUT2D eigenvalue weighted by molar-refractivity contribution is -0.139. The van der Waals surface area contributed by atoms with Crippen LogP contribution in [0, 0.1) is 5.92 Å². The number of amides is 1. The standard InChI is InChI=1S/C7H15N3O3/c8-2-1-4(6(10)11)3-5(9)7(12)13/h4-5H,1-3,8-9H2,(H2,10,11)(H,12,13). The first kappa shape index (κ1) is 11.9. The second-order valence-electron chi connectivity index (χ2n) is 2.86. The summed E-state index contributed by atoms with van der Waals surface area (Å²) in [6, 6.07) is -1.05. The predicted molar refractivity (Wildman–Crippen MR) is 46.6 cm³/mol. The Balaban J connectivity index is 4.09. The summed E-state index contributed by atoms with van der Waals surface area (Å²) in [5.74, 6) is -2.23. The highest BCUT2D eigenvalue weighted by Crippen LogP contribution is 2.09. The largest absolute Gasteiger partial charge is 0.480 e. The van der Waals surface area contributed by atoms with Gasteiger partial charge in [0.1, 0.15) is 6.04 Å². The number of carboxylic acids is 1. The average molecular weight is 189 g/mol. The molecule has 76 valence electrons. The summed E-state index contributed by atoms with van der Waals surface area (Å²) in [7, 11) is 0. The lowest BCUT2D eigenvalue weighted by atomic mass is 9.96. The van der Waals surface area contributed by atoms with E-state index in [2.05, 4.69) is 0 Å².